The van der Waals surface area contributed by atoms with Crippen LogP contribution in [0, 0.1) is 0 Å². The Hall–Kier alpha value is -0.160. The zero-order chi connectivity index (χ0) is 8.69. The van der Waals surface area contributed by atoms with Crippen molar-refractivity contribution >= 4 is 0 Å². The lowest BCUT2D eigenvalue weighted by Gasteiger charge is -2.22. The molecule has 11 heavy (non-hydrogen) atoms. The molecule has 0 aromatic rings. The van der Waals surface area contributed by atoms with Crippen LogP contribution in [0.1, 0.15) is 13.8 Å². The van der Waals surface area contributed by atoms with Crippen molar-refractivity contribution in [3.05, 3.63) is 0 Å². The average molecular weight is 163 g/mol. The Balaban J connectivity index is 3.38. The van der Waals surface area contributed by atoms with Crippen LogP contribution in [0.5, 0.6) is 0 Å². The van der Waals surface area contributed by atoms with Crippen LogP contribution in [-0.2, 0) is 9.57 Å². The zero-order valence-electron chi connectivity index (χ0n) is 7.41. The number of nitrogens with zero attached hydrogens (tertiary/aromatic N) is 1. The van der Waals surface area contributed by atoms with Gasteiger partial charge in [0.2, 0.25) is 0 Å². The van der Waals surface area contributed by atoms with Gasteiger partial charge in [-0.05, 0) is 13.8 Å². The number of aliphatic hydroxyl groups is 1. The van der Waals surface area contributed by atoms with Gasteiger partial charge < -0.3 is 9.84 Å². The Morgan fingerprint density at radius 1 is 1.55 bits per heavy atom. The van der Waals surface area contributed by atoms with Crippen molar-refractivity contribution in [2.24, 2.45) is 0 Å². The van der Waals surface area contributed by atoms with E-state index in [1.54, 1.807) is 12.1 Å². The van der Waals surface area contributed by atoms with Gasteiger partial charge in [-0.3, -0.25) is 4.84 Å². The Bertz CT molecular complexity index is 89.8. The lowest BCUT2D eigenvalue weighted by molar-refractivity contribution is -0.234. The largest absolute Gasteiger partial charge is 0.394 e. The summed E-state index contributed by atoms with van der Waals surface area (Å²) >= 11 is 0. The first-order valence-corrected chi connectivity index (χ1v) is 3.80. The second-order valence-corrected chi connectivity index (χ2v) is 2.16. The second kappa shape index (κ2) is 6.54. The van der Waals surface area contributed by atoms with Gasteiger partial charge in [0.25, 0.3) is 0 Å². The van der Waals surface area contributed by atoms with Crippen molar-refractivity contribution < 1.29 is 14.7 Å². The Labute approximate surface area is 67.7 Å². The molecule has 0 saturated heterocycles. The quantitative estimate of drug-likeness (QED) is 0.449. The molecule has 1 atom stereocenters. The topological polar surface area (TPSA) is 41.9 Å². The van der Waals surface area contributed by atoms with Crippen molar-refractivity contribution in [3.8, 4) is 0 Å². The molecular formula is C7H17NO3. The minimum absolute atomic E-state index is 0.0309. The Kier molecular flexibility index (Phi) is 6.45. The van der Waals surface area contributed by atoms with Crippen molar-refractivity contribution in [2.45, 2.75) is 20.1 Å². The summed E-state index contributed by atoms with van der Waals surface area (Å²) in [5.74, 6) is 0. The minimum atomic E-state index is -0.0634. The van der Waals surface area contributed by atoms with E-state index in [1.807, 2.05) is 13.8 Å². The summed E-state index contributed by atoms with van der Waals surface area (Å²) in [7, 11) is 1.77. The third kappa shape index (κ3) is 5.15. The van der Waals surface area contributed by atoms with Gasteiger partial charge >= 0.3 is 0 Å². The molecule has 0 radical (unpaired) electrons. The Morgan fingerprint density at radius 2 is 2.18 bits per heavy atom. The number of hydrogen-bond acceptors (Lipinski definition) is 4. The number of aliphatic hydroxyl groups excluding tert-OH is 1. The molecule has 0 aromatic carbocycles. The highest BCUT2D eigenvalue weighted by Gasteiger charge is 2.07. The van der Waals surface area contributed by atoms with Crippen molar-refractivity contribution in [2.75, 3.05) is 26.9 Å². The predicted molar refractivity (Wildman–Crippen MR) is 41.9 cm³/mol. The molecule has 0 aliphatic heterocycles. The fourth-order valence-corrected chi connectivity index (χ4v) is 0.636. The third-order valence-corrected chi connectivity index (χ3v) is 1.31. The highest BCUT2D eigenvalue weighted by atomic mass is 16.7. The number of hydrogen-bond donors (Lipinski definition) is 1. The molecule has 4 heteroatoms. The SMILES string of the molecule is CCOC(C)N(C)OCCO. The number of ether oxygens (including phenoxy) is 1. The van der Waals surface area contributed by atoms with E-state index in [4.69, 9.17) is 14.7 Å². The van der Waals surface area contributed by atoms with E-state index >= 15 is 0 Å². The molecule has 0 heterocycles. The summed E-state index contributed by atoms with van der Waals surface area (Å²) in [6.45, 7) is 4.82. The standard InChI is InChI=1S/C7H17NO3/c1-4-10-7(2)8(3)11-6-5-9/h7,9H,4-6H2,1-3H3. The van der Waals surface area contributed by atoms with Crippen molar-refractivity contribution in [1.29, 1.82) is 0 Å². The van der Waals surface area contributed by atoms with E-state index < -0.39 is 0 Å². The van der Waals surface area contributed by atoms with Gasteiger partial charge in [-0.15, -0.1) is 0 Å². The number of hydroxylamine groups is 2. The average Bonchev–Trinajstić information content (AvgIpc) is 2.00. The van der Waals surface area contributed by atoms with Crippen LogP contribution in [0.4, 0.5) is 0 Å². The van der Waals surface area contributed by atoms with E-state index in [-0.39, 0.29) is 12.8 Å². The van der Waals surface area contributed by atoms with E-state index in [1.165, 1.54) is 0 Å². The van der Waals surface area contributed by atoms with E-state index in [9.17, 15) is 0 Å². The summed E-state index contributed by atoms with van der Waals surface area (Å²) in [5.41, 5.74) is 0. The monoisotopic (exact) mass is 163 g/mol. The molecule has 0 spiro atoms. The van der Waals surface area contributed by atoms with Crippen LogP contribution < -0.4 is 0 Å². The summed E-state index contributed by atoms with van der Waals surface area (Å²) in [4.78, 5) is 5.06. The molecule has 0 aliphatic rings. The highest BCUT2D eigenvalue weighted by molar-refractivity contribution is 4.38. The molecule has 0 saturated carbocycles. The first kappa shape index (κ1) is 10.8. The van der Waals surface area contributed by atoms with Gasteiger partial charge in [0.05, 0.1) is 13.2 Å². The summed E-state index contributed by atoms with van der Waals surface area (Å²) in [6.07, 6.45) is -0.0634. The molecule has 4 nitrogen and oxygen atoms in total. The predicted octanol–water partition coefficient (Wildman–Crippen LogP) is 0.225. The molecule has 0 aromatic heterocycles. The van der Waals surface area contributed by atoms with Crippen LogP contribution in [0.2, 0.25) is 0 Å². The summed E-state index contributed by atoms with van der Waals surface area (Å²) in [6, 6.07) is 0. The van der Waals surface area contributed by atoms with Gasteiger partial charge in [-0.2, -0.15) is 5.06 Å². The van der Waals surface area contributed by atoms with Crippen molar-refractivity contribution in [1.82, 2.24) is 5.06 Å². The van der Waals surface area contributed by atoms with Crippen LogP contribution in [0.3, 0.4) is 0 Å². The zero-order valence-corrected chi connectivity index (χ0v) is 7.41. The summed E-state index contributed by atoms with van der Waals surface area (Å²) in [5, 5.41) is 10.0. The lowest BCUT2D eigenvalue weighted by atomic mass is 10.6. The third-order valence-electron chi connectivity index (χ3n) is 1.31. The fraction of sp³-hybridized carbons (Fsp3) is 1.00. The maximum Gasteiger partial charge on any atom is 0.129 e. The molecular weight excluding hydrogens is 146 g/mol. The molecule has 68 valence electrons. The molecule has 0 amide bonds. The molecule has 1 unspecified atom stereocenters. The molecule has 0 aliphatic carbocycles. The maximum absolute atomic E-state index is 8.43. The van der Waals surface area contributed by atoms with Gasteiger partial charge in [0, 0.05) is 13.7 Å². The van der Waals surface area contributed by atoms with Gasteiger partial charge in [-0.25, -0.2) is 0 Å². The van der Waals surface area contributed by atoms with Crippen LogP contribution in [-0.4, -0.2) is 43.3 Å². The molecule has 0 bridgehead atoms. The molecule has 0 fully saturated rings. The summed E-state index contributed by atoms with van der Waals surface area (Å²) < 4.78 is 5.22. The van der Waals surface area contributed by atoms with Crippen LogP contribution in [0.25, 0.3) is 0 Å². The van der Waals surface area contributed by atoms with Gasteiger partial charge in [0.15, 0.2) is 0 Å². The Morgan fingerprint density at radius 3 is 2.64 bits per heavy atom. The van der Waals surface area contributed by atoms with E-state index in [0.29, 0.717) is 13.2 Å². The lowest BCUT2D eigenvalue weighted by Crippen LogP contribution is -2.32. The van der Waals surface area contributed by atoms with Crippen LogP contribution >= 0.6 is 0 Å². The maximum atomic E-state index is 8.43. The van der Waals surface area contributed by atoms with E-state index in [2.05, 4.69) is 0 Å². The smallest absolute Gasteiger partial charge is 0.129 e. The first-order valence-electron chi connectivity index (χ1n) is 3.80. The fourth-order valence-electron chi connectivity index (χ4n) is 0.636. The normalized spacial score (nSPS) is 13.9. The van der Waals surface area contributed by atoms with Crippen LogP contribution in [0.15, 0.2) is 0 Å². The second-order valence-electron chi connectivity index (χ2n) is 2.16. The van der Waals surface area contributed by atoms with Gasteiger partial charge in [-0.1, -0.05) is 0 Å². The van der Waals surface area contributed by atoms with E-state index in [0.717, 1.165) is 0 Å². The number of rotatable bonds is 6. The molecule has 1 N–H and O–H groups in total. The van der Waals surface area contributed by atoms with Gasteiger partial charge in [0.1, 0.15) is 6.23 Å². The highest BCUT2D eigenvalue weighted by Crippen LogP contribution is 1.97. The molecule has 0 rings (SSSR count). The first-order chi connectivity index (χ1) is 5.22. The van der Waals surface area contributed by atoms with Crippen molar-refractivity contribution in [3.63, 3.8) is 0 Å². The minimum Gasteiger partial charge on any atom is -0.394 e.